The van der Waals surface area contributed by atoms with Gasteiger partial charge < -0.3 is 15.2 Å². The zero-order valence-electron chi connectivity index (χ0n) is 15.8. The Bertz CT molecular complexity index is 912. The number of rotatable bonds is 6. The fourth-order valence-electron chi connectivity index (χ4n) is 3.58. The monoisotopic (exact) mass is 367 g/mol. The van der Waals surface area contributed by atoms with Crippen molar-refractivity contribution in [3.63, 3.8) is 0 Å². The Hall–Kier alpha value is -2.67. The van der Waals surface area contributed by atoms with Crippen molar-refractivity contribution >= 4 is 16.9 Å². The number of aromatic nitrogens is 4. The number of ether oxygens (including phenoxy) is 2. The highest BCUT2D eigenvalue weighted by Crippen LogP contribution is 2.33. The molecule has 1 unspecified atom stereocenters. The molecule has 1 aliphatic rings. The third-order valence-electron chi connectivity index (χ3n) is 5.12. The Morgan fingerprint density at radius 3 is 2.67 bits per heavy atom. The Balaban J connectivity index is 1.72. The highest BCUT2D eigenvalue weighted by Gasteiger charge is 2.21. The second-order valence-electron chi connectivity index (χ2n) is 6.85. The van der Waals surface area contributed by atoms with Gasteiger partial charge in [0.2, 0.25) is 0 Å². The van der Waals surface area contributed by atoms with Crippen LogP contribution in [0.4, 0.5) is 5.82 Å². The molecule has 2 aromatic heterocycles. The normalized spacial score (nSPS) is 17.1. The van der Waals surface area contributed by atoms with Crippen molar-refractivity contribution in [1.82, 2.24) is 19.7 Å². The molecule has 1 aliphatic heterocycles. The lowest BCUT2D eigenvalue weighted by molar-refractivity contribution is 0.141. The molecule has 2 N–H and O–H groups in total. The molecule has 4 rings (SSSR count). The van der Waals surface area contributed by atoms with Crippen LogP contribution in [0.5, 0.6) is 5.75 Å². The quantitative estimate of drug-likeness (QED) is 0.716. The van der Waals surface area contributed by atoms with E-state index in [1.54, 1.807) is 0 Å². The standard InChI is InChI=1S/C20H25N5O2/c1-3-14(4-2)25-20-17(19(21)22-12-23-20)18(24-25)13-5-7-15(8-6-13)27-16-9-10-26-11-16/h5-8,12,14,16H,3-4,9-11H2,1-2H3,(H2,21,22,23). The van der Waals surface area contributed by atoms with Crippen molar-refractivity contribution in [2.75, 3.05) is 18.9 Å². The molecule has 1 aromatic carbocycles. The summed E-state index contributed by atoms with van der Waals surface area (Å²) in [7, 11) is 0. The van der Waals surface area contributed by atoms with Crippen LogP contribution in [0.25, 0.3) is 22.3 Å². The van der Waals surface area contributed by atoms with Gasteiger partial charge in [-0.15, -0.1) is 0 Å². The fraction of sp³-hybridized carbons (Fsp3) is 0.450. The van der Waals surface area contributed by atoms with Crippen molar-refractivity contribution in [3.05, 3.63) is 30.6 Å². The van der Waals surface area contributed by atoms with Crippen LogP contribution in [0.2, 0.25) is 0 Å². The molecule has 0 aliphatic carbocycles. The van der Waals surface area contributed by atoms with Crippen molar-refractivity contribution in [3.8, 4) is 17.0 Å². The van der Waals surface area contributed by atoms with E-state index in [-0.39, 0.29) is 12.1 Å². The molecule has 7 nitrogen and oxygen atoms in total. The molecule has 1 atom stereocenters. The first-order chi connectivity index (χ1) is 13.2. The number of nitrogen functional groups attached to an aromatic ring is 1. The van der Waals surface area contributed by atoms with Crippen molar-refractivity contribution < 1.29 is 9.47 Å². The van der Waals surface area contributed by atoms with E-state index in [1.807, 2.05) is 28.9 Å². The maximum absolute atomic E-state index is 6.19. The van der Waals surface area contributed by atoms with E-state index in [4.69, 9.17) is 20.3 Å². The SMILES string of the molecule is CCC(CC)n1nc(-c2ccc(OC3CCOC3)cc2)c2c(N)ncnc21. The number of hydrogen-bond acceptors (Lipinski definition) is 6. The lowest BCUT2D eigenvalue weighted by Gasteiger charge is -2.13. The molecule has 7 heteroatoms. The van der Waals surface area contributed by atoms with Crippen molar-refractivity contribution in [1.29, 1.82) is 0 Å². The maximum Gasteiger partial charge on any atom is 0.164 e. The van der Waals surface area contributed by atoms with E-state index in [2.05, 4.69) is 23.8 Å². The van der Waals surface area contributed by atoms with E-state index in [9.17, 15) is 0 Å². The summed E-state index contributed by atoms with van der Waals surface area (Å²) >= 11 is 0. The lowest BCUT2D eigenvalue weighted by atomic mass is 10.1. The van der Waals surface area contributed by atoms with Crippen LogP contribution >= 0.6 is 0 Å². The van der Waals surface area contributed by atoms with Crippen LogP contribution in [-0.2, 0) is 4.74 Å². The summed E-state index contributed by atoms with van der Waals surface area (Å²) in [6.07, 6.45) is 4.53. The first-order valence-electron chi connectivity index (χ1n) is 9.54. The summed E-state index contributed by atoms with van der Waals surface area (Å²) in [5.74, 6) is 1.29. The number of hydrogen-bond donors (Lipinski definition) is 1. The van der Waals surface area contributed by atoms with Gasteiger partial charge in [0.05, 0.1) is 24.6 Å². The van der Waals surface area contributed by atoms with Crippen LogP contribution in [0.1, 0.15) is 39.2 Å². The van der Waals surface area contributed by atoms with Gasteiger partial charge in [-0.05, 0) is 37.1 Å². The largest absolute Gasteiger partial charge is 0.488 e. The lowest BCUT2D eigenvalue weighted by Crippen LogP contribution is -2.15. The molecule has 0 amide bonds. The average Bonchev–Trinajstić information content (AvgIpc) is 3.33. The molecule has 27 heavy (non-hydrogen) atoms. The van der Waals surface area contributed by atoms with Gasteiger partial charge in [0.1, 0.15) is 29.7 Å². The minimum atomic E-state index is 0.134. The van der Waals surface area contributed by atoms with Gasteiger partial charge in [0.25, 0.3) is 0 Å². The Morgan fingerprint density at radius 2 is 2.00 bits per heavy atom. The van der Waals surface area contributed by atoms with E-state index in [0.717, 1.165) is 53.9 Å². The molecule has 3 heterocycles. The Morgan fingerprint density at radius 1 is 1.22 bits per heavy atom. The van der Waals surface area contributed by atoms with Gasteiger partial charge >= 0.3 is 0 Å². The van der Waals surface area contributed by atoms with Crippen LogP contribution < -0.4 is 10.5 Å². The maximum atomic E-state index is 6.19. The number of nitrogens with two attached hydrogens (primary N) is 1. The van der Waals surface area contributed by atoms with Crippen LogP contribution in [-0.4, -0.2) is 39.1 Å². The van der Waals surface area contributed by atoms with Crippen molar-refractivity contribution in [2.24, 2.45) is 0 Å². The molecule has 0 bridgehead atoms. The summed E-state index contributed by atoms with van der Waals surface area (Å²) in [6.45, 7) is 5.73. The first kappa shape index (κ1) is 17.7. The predicted octanol–water partition coefficient (Wildman–Crippen LogP) is 3.60. The molecule has 1 fully saturated rings. The summed E-state index contributed by atoms with van der Waals surface area (Å²) in [6, 6.07) is 8.24. The summed E-state index contributed by atoms with van der Waals surface area (Å²) in [5, 5.41) is 5.68. The van der Waals surface area contributed by atoms with Crippen LogP contribution in [0.15, 0.2) is 30.6 Å². The Labute approximate surface area is 158 Å². The molecule has 0 spiro atoms. The van der Waals surface area contributed by atoms with E-state index >= 15 is 0 Å². The van der Waals surface area contributed by atoms with Gasteiger partial charge in [0.15, 0.2) is 5.65 Å². The predicted molar refractivity (Wildman–Crippen MR) is 105 cm³/mol. The molecule has 3 aromatic rings. The molecule has 0 radical (unpaired) electrons. The smallest absolute Gasteiger partial charge is 0.164 e. The van der Waals surface area contributed by atoms with Crippen LogP contribution in [0.3, 0.4) is 0 Å². The Kier molecular flexibility index (Phi) is 4.94. The number of benzene rings is 1. The third kappa shape index (κ3) is 3.35. The number of fused-ring (bicyclic) bond motifs is 1. The van der Waals surface area contributed by atoms with Gasteiger partial charge in [-0.1, -0.05) is 13.8 Å². The van der Waals surface area contributed by atoms with Gasteiger partial charge in [-0.25, -0.2) is 14.6 Å². The average molecular weight is 367 g/mol. The minimum absolute atomic E-state index is 0.134. The van der Waals surface area contributed by atoms with Gasteiger partial charge in [-0.2, -0.15) is 5.10 Å². The third-order valence-corrected chi connectivity index (χ3v) is 5.12. The molecular weight excluding hydrogens is 342 g/mol. The summed E-state index contributed by atoms with van der Waals surface area (Å²) in [4.78, 5) is 8.64. The van der Waals surface area contributed by atoms with Crippen LogP contribution in [0, 0.1) is 0 Å². The second kappa shape index (κ2) is 7.52. The van der Waals surface area contributed by atoms with E-state index in [0.29, 0.717) is 12.4 Å². The zero-order chi connectivity index (χ0) is 18.8. The molecule has 1 saturated heterocycles. The van der Waals surface area contributed by atoms with Crippen molar-refractivity contribution in [2.45, 2.75) is 45.3 Å². The summed E-state index contributed by atoms with van der Waals surface area (Å²) in [5.41, 5.74) is 8.76. The number of nitrogens with zero attached hydrogens (tertiary/aromatic N) is 4. The second-order valence-corrected chi connectivity index (χ2v) is 6.85. The number of anilines is 1. The molecular formula is C20H25N5O2. The molecule has 0 saturated carbocycles. The first-order valence-corrected chi connectivity index (χ1v) is 9.54. The zero-order valence-corrected chi connectivity index (χ0v) is 15.8. The minimum Gasteiger partial charge on any atom is -0.488 e. The molecule has 142 valence electrons. The fourth-order valence-corrected chi connectivity index (χ4v) is 3.58. The highest BCUT2D eigenvalue weighted by atomic mass is 16.5. The topological polar surface area (TPSA) is 88.1 Å². The van der Waals surface area contributed by atoms with Gasteiger partial charge in [-0.3, -0.25) is 0 Å². The van der Waals surface area contributed by atoms with Gasteiger partial charge in [0, 0.05) is 12.0 Å². The van der Waals surface area contributed by atoms with E-state index < -0.39 is 0 Å². The van der Waals surface area contributed by atoms with E-state index in [1.165, 1.54) is 6.33 Å². The summed E-state index contributed by atoms with van der Waals surface area (Å²) < 4.78 is 13.3. The highest BCUT2D eigenvalue weighted by molar-refractivity contribution is 5.98.